The van der Waals surface area contributed by atoms with E-state index in [9.17, 15) is 15.0 Å². The van der Waals surface area contributed by atoms with E-state index in [1.165, 1.54) is 0 Å². The Morgan fingerprint density at radius 3 is 2.14 bits per heavy atom. The summed E-state index contributed by atoms with van der Waals surface area (Å²) in [6.45, 7) is 0. The minimum Gasteiger partial charge on any atom is -0.481 e. The van der Waals surface area contributed by atoms with Crippen LogP contribution in [-0.4, -0.2) is 16.2 Å². The van der Waals surface area contributed by atoms with Crippen LogP contribution < -0.4 is 0 Å². The first-order valence-corrected chi connectivity index (χ1v) is 7.08. The van der Waals surface area contributed by atoms with E-state index >= 15 is 0 Å². The van der Waals surface area contributed by atoms with Crippen molar-refractivity contribution in [3.8, 4) is 0 Å². The molecule has 0 aliphatic heterocycles. The van der Waals surface area contributed by atoms with Crippen LogP contribution in [0.3, 0.4) is 0 Å². The Morgan fingerprint density at radius 2 is 1.55 bits per heavy atom. The third kappa shape index (κ3) is 2.47. The molecule has 0 radical (unpaired) electrons. The van der Waals surface area contributed by atoms with Gasteiger partial charge in [0.25, 0.3) is 0 Å². The zero-order valence-corrected chi connectivity index (χ0v) is 11.9. The monoisotopic (exact) mass is 292 g/mol. The Balaban J connectivity index is 2.05. The van der Waals surface area contributed by atoms with Crippen molar-refractivity contribution in [1.82, 2.24) is 0 Å². The lowest BCUT2D eigenvalue weighted by Gasteiger charge is -2.33. The van der Waals surface area contributed by atoms with Crippen molar-refractivity contribution in [1.29, 1.82) is 0 Å². The van der Waals surface area contributed by atoms with Crippen LogP contribution in [0.25, 0.3) is 5.57 Å². The largest absolute Gasteiger partial charge is 0.481 e. The van der Waals surface area contributed by atoms with Gasteiger partial charge in [0.2, 0.25) is 0 Å². The fraction of sp³-hybridized carbons (Fsp3) is 0.105. The third-order valence-corrected chi connectivity index (χ3v) is 3.95. The maximum atomic E-state index is 11.7. The van der Waals surface area contributed by atoms with Crippen molar-refractivity contribution < 1.29 is 15.0 Å². The van der Waals surface area contributed by atoms with Crippen molar-refractivity contribution in [2.24, 2.45) is 5.92 Å². The first kappa shape index (κ1) is 14.3. The lowest BCUT2D eigenvalue weighted by molar-refractivity contribution is -0.146. The Bertz CT molecular complexity index is 732. The zero-order chi connectivity index (χ0) is 15.6. The molecule has 0 bridgehead atoms. The molecule has 2 atom stereocenters. The molecule has 0 spiro atoms. The van der Waals surface area contributed by atoms with Gasteiger partial charge in [-0.15, -0.1) is 0 Å². The van der Waals surface area contributed by atoms with Gasteiger partial charge in [-0.1, -0.05) is 72.8 Å². The first-order valence-electron chi connectivity index (χ1n) is 7.08. The van der Waals surface area contributed by atoms with Gasteiger partial charge < -0.3 is 10.2 Å². The van der Waals surface area contributed by atoms with Crippen LogP contribution in [0.4, 0.5) is 0 Å². The fourth-order valence-corrected chi connectivity index (χ4v) is 2.75. The van der Waals surface area contributed by atoms with Gasteiger partial charge in [-0.2, -0.15) is 0 Å². The summed E-state index contributed by atoms with van der Waals surface area (Å²) in [4.78, 5) is 11.7. The second-order valence-corrected chi connectivity index (χ2v) is 5.33. The number of rotatable bonds is 3. The van der Waals surface area contributed by atoms with Crippen molar-refractivity contribution in [3.63, 3.8) is 0 Å². The van der Waals surface area contributed by atoms with Gasteiger partial charge in [-0.25, -0.2) is 0 Å². The number of benzene rings is 2. The normalized spacial score (nSPS) is 23.9. The van der Waals surface area contributed by atoms with Gasteiger partial charge in [-0.3, -0.25) is 4.79 Å². The molecule has 1 aliphatic rings. The average Bonchev–Trinajstić information content (AvgIpc) is 2.56. The average molecular weight is 292 g/mol. The highest BCUT2D eigenvalue weighted by Gasteiger charge is 2.41. The molecular formula is C19H16O3. The molecule has 2 unspecified atom stereocenters. The Morgan fingerprint density at radius 1 is 0.955 bits per heavy atom. The Labute approximate surface area is 128 Å². The predicted octanol–water partition coefficient (Wildman–Crippen LogP) is 3.23. The summed E-state index contributed by atoms with van der Waals surface area (Å²) in [6.07, 6.45) is 4.97. The van der Waals surface area contributed by atoms with E-state index in [0.29, 0.717) is 5.56 Å². The lowest BCUT2D eigenvalue weighted by atomic mass is 9.76. The van der Waals surface area contributed by atoms with E-state index in [4.69, 9.17) is 0 Å². The topological polar surface area (TPSA) is 57.5 Å². The standard InChI is InChI=1S/C19H16O3/c20-18(21)17-13-15(14-7-3-1-4-8-14)11-12-19(17,22)16-9-5-2-6-10-16/h1-13,17,22H,(H,20,21). The van der Waals surface area contributed by atoms with Crippen molar-refractivity contribution in [3.05, 3.63) is 90.0 Å². The smallest absolute Gasteiger partial charge is 0.314 e. The maximum absolute atomic E-state index is 11.7. The van der Waals surface area contributed by atoms with Crippen molar-refractivity contribution in [2.45, 2.75) is 5.60 Å². The summed E-state index contributed by atoms with van der Waals surface area (Å²) in [7, 11) is 0. The summed E-state index contributed by atoms with van der Waals surface area (Å²) < 4.78 is 0. The van der Waals surface area contributed by atoms with Crippen LogP contribution in [0.2, 0.25) is 0 Å². The molecule has 2 aromatic rings. The van der Waals surface area contributed by atoms with E-state index < -0.39 is 17.5 Å². The van der Waals surface area contributed by atoms with E-state index in [-0.39, 0.29) is 0 Å². The molecule has 3 heteroatoms. The number of aliphatic carboxylic acids is 1. The number of carbonyl (C=O) groups is 1. The highest BCUT2D eigenvalue weighted by atomic mass is 16.4. The van der Waals surface area contributed by atoms with Gasteiger partial charge in [0.05, 0.1) is 0 Å². The molecular weight excluding hydrogens is 276 g/mol. The highest BCUT2D eigenvalue weighted by molar-refractivity contribution is 5.84. The molecule has 0 heterocycles. The molecule has 2 aromatic carbocycles. The van der Waals surface area contributed by atoms with Crippen molar-refractivity contribution >= 4 is 11.5 Å². The minimum absolute atomic E-state index is 0.571. The van der Waals surface area contributed by atoms with Crippen LogP contribution in [0.1, 0.15) is 11.1 Å². The number of carboxylic acid groups (broad SMARTS) is 1. The second kappa shape index (κ2) is 5.62. The second-order valence-electron chi connectivity index (χ2n) is 5.33. The van der Waals surface area contributed by atoms with Gasteiger partial charge in [0.15, 0.2) is 0 Å². The molecule has 2 N–H and O–H groups in total. The number of aliphatic hydroxyl groups is 1. The van der Waals surface area contributed by atoms with E-state index in [1.54, 1.807) is 42.5 Å². The molecule has 1 aliphatic carbocycles. The highest BCUT2D eigenvalue weighted by Crippen LogP contribution is 2.38. The molecule has 0 fully saturated rings. The molecule has 3 rings (SSSR count). The van der Waals surface area contributed by atoms with Crippen LogP contribution in [-0.2, 0) is 10.4 Å². The van der Waals surface area contributed by atoms with E-state index in [1.807, 2.05) is 36.4 Å². The summed E-state index contributed by atoms with van der Waals surface area (Å²) in [5.41, 5.74) is 0.765. The number of allylic oxidation sites excluding steroid dienone is 2. The molecule has 0 saturated carbocycles. The molecule has 0 saturated heterocycles. The SMILES string of the molecule is O=C(O)C1C=C(c2ccccc2)C=CC1(O)c1ccccc1. The molecule has 0 aromatic heterocycles. The lowest BCUT2D eigenvalue weighted by Crippen LogP contribution is -2.38. The van der Waals surface area contributed by atoms with E-state index in [0.717, 1.165) is 11.1 Å². The van der Waals surface area contributed by atoms with Gasteiger partial charge >= 0.3 is 5.97 Å². The number of carboxylic acids is 1. The van der Waals surface area contributed by atoms with Crippen LogP contribution >= 0.6 is 0 Å². The predicted molar refractivity (Wildman–Crippen MR) is 85.0 cm³/mol. The third-order valence-electron chi connectivity index (χ3n) is 3.95. The van der Waals surface area contributed by atoms with Gasteiger partial charge in [0, 0.05) is 0 Å². The first-order chi connectivity index (χ1) is 10.6. The molecule has 0 amide bonds. The van der Waals surface area contributed by atoms with E-state index in [2.05, 4.69) is 0 Å². The van der Waals surface area contributed by atoms with Crippen molar-refractivity contribution in [2.75, 3.05) is 0 Å². The molecule has 22 heavy (non-hydrogen) atoms. The summed E-state index contributed by atoms with van der Waals surface area (Å²) >= 11 is 0. The molecule has 3 nitrogen and oxygen atoms in total. The summed E-state index contributed by atoms with van der Waals surface area (Å²) in [5, 5.41) is 20.5. The number of hydrogen-bond donors (Lipinski definition) is 2. The van der Waals surface area contributed by atoms with Gasteiger partial charge in [0.1, 0.15) is 11.5 Å². The zero-order valence-electron chi connectivity index (χ0n) is 11.9. The van der Waals surface area contributed by atoms with Crippen LogP contribution in [0.15, 0.2) is 78.9 Å². The number of hydrogen-bond acceptors (Lipinski definition) is 2. The van der Waals surface area contributed by atoms with Crippen LogP contribution in [0.5, 0.6) is 0 Å². The summed E-state index contributed by atoms with van der Waals surface area (Å²) in [6, 6.07) is 18.4. The van der Waals surface area contributed by atoms with Gasteiger partial charge in [-0.05, 0) is 22.8 Å². The Kier molecular flexibility index (Phi) is 3.65. The maximum Gasteiger partial charge on any atom is 0.314 e. The molecule has 110 valence electrons. The van der Waals surface area contributed by atoms with Crippen LogP contribution in [0, 0.1) is 5.92 Å². The Hall–Kier alpha value is -2.65. The quantitative estimate of drug-likeness (QED) is 0.913. The fourth-order valence-electron chi connectivity index (χ4n) is 2.75. The summed E-state index contributed by atoms with van der Waals surface area (Å²) in [5.74, 6) is -2.08. The minimum atomic E-state index is -1.54.